The number of hydrogen-bond donors (Lipinski definition) is 10. The molecule has 0 bridgehead atoms. The Bertz CT molecular complexity index is 5280. The molecule has 0 aromatic heterocycles. The molecule has 1 heterocycles. The topological polar surface area (TPSA) is 439 Å². The van der Waals surface area contributed by atoms with Gasteiger partial charge >= 0.3 is 0 Å². The number of aliphatic hydroxyl groups excluding tert-OH is 3. The van der Waals surface area contributed by atoms with Crippen LogP contribution in [-0.2, 0) is 126 Å². The Morgan fingerprint density at radius 1 is 0.387 bits per heavy atom. The van der Waals surface area contributed by atoms with Gasteiger partial charge in [0.1, 0.15) is 53.0 Å². The van der Waals surface area contributed by atoms with Crippen LogP contribution < -0.4 is 38.5 Å². The summed E-state index contributed by atoms with van der Waals surface area (Å²) in [5, 5.41) is 42.2. The molecule has 1 aliphatic rings. The van der Waals surface area contributed by atoms with E-state index in [-0.39, 0.29) is 113 Å². The van der Waals surface area contributed by atoms with E-state index >= 15 is 0 Å². The number of amides is 8. The predicted molar refractivity (Wildman–Crippen MR) is 542 cm³/mol. The number of piperidine rings is 1. The third-order valence-electron chi connectivity index (χ3n) is 25.1. The highest BCUT2D eigenvalue weighted by atomic mass is 32.2. The van der Waals surface area contributed by atoms with Crippen molar-refractivity contribution in [3.8, 4) is 0 Å². The van der Waals surface area contributed by atoms with Crippen molar-refractivity contribution >= 4 is 76.8 Å². The first-order valence-electron chi connectivity index (χ1n) is 50.0. The average molecular weight is 2050 g/mol. The van der Waals surface area contributed by atoms with Crippen molar-refractivity contribution in [3.63, 3.8) is 0 Å². The van der Waals surface area contributed by atoms with Gasteiger partial charge < -0.3 is 73.4 Å². The van der Waals surface area contributed by atoms with Crippen LogP contribution in [0.15, 0.2) is 127 Å². The van der Waals surface area contributed by atoms with Crippen LogP contribution in [0.1, 0.15) is 249 Å². The van der Waals surface area contributed by atoms with Crippen LogP contribution >= 0.6 is 0 Å². The van der Waals surface area contributed by atoms with Crippen molar-refractivity contribution < 1.29 is 105 Å². The van der Waals surface area contributed by atoms with Gasteiger partial charge in [0, 0.05) is 128 Å². The highest BCUT2D eigenvalue weighted by Crippen LogP contribution is 2.27. The maximum absolute atomic E-state index is 14.5. The van der Waals surface area contributed by atoms with Gasteiger partial charge in [0.2, 0.25) is 47.3 Å². The van der Waals surface area contributed by atoms with E-state index in [4.69, 9.17) is 17.2 Å². The fraction of sp³-hybridized carbons (Fsp3) is 0.581. The van der Waals surface area contributed by atoms with Gasteiger partial charge in [0.25, 0.3) is 0 Å². The van der Waals surface area contributed by atoms with Crippen molar-refractivity contribution in [2.45, 2.75) is 327 Å². The second kappa shape index (κ2) is 62.2. The van der Waals surface area contributed by atoms with Crippen molar-refractivity contribution in [1.29, 1.82) is 0 Å². The first-order chi connectivity index (χ1) is 67.2. The van der Waals surface area contributed by atoms with E-state index < -0.39 is 193 Å². The molecule has 13 N–H and O–H groups in total. The first kappa shape index (κ1) is 123. The van der Waals surface area contributed by atoms with Crippen LogP contribution in [0.2, 0.25) is 0 Å². The highest BCUT2D eigenvalue weighted by Gasteiger charge is 2.41. The molecule has 28 nitrogen and oxygen atoms in total. The van der Waals surface area contributed by atoms with Crippen LogP contribution in [0.5, 0.6) is 0 Å². The number of sulfone groups is 3. The number of halogens is 6. The van der Waals surface area contributed by atoms with E-state index in [1.54, 1.807) is 17.9 Å². The second-order valence-electron chi connectivity index (χ2n) is 37.3. The first-order valence-corrected chi connectivity index (χ1v) is 55.1. The zero-order chi connectivity index (χ0) is 106. The summed E-state index contributed by atoms with van der Waals surface area (Å²) in [5.41, 5.74) is 24.7. The molecular weight excluding hydrogens is 1900 g/mol. The van der Waals surface area contributed by atoms with Gasteiger partial charge in [-0.25, -0.2) is 51.6 Å². The van der Waals surface area contributed by atoms with Gasteiger partial charge in [-0.3, -0.25) is 38.4 Å². The number of nitrogens with zero attached hydrogens (tertiary/aromatic N) is 4. The molecule has 1 fully saturated rings. The van der Waals surface area contributed by atoms with E-state index in [1.807, 2.05) is 129 Å². The molecule has 9 atom stereocenters. The third-order valence-corrected chi connectivity index (χ3v) is 32.0. The molecule has 1 saturated heterocycles. The maximum Gasteiger partial charge on any atom is 0.246 e. The lowest BCUT2D eigenvalue weighted by Gasteiger charge is -2.34. The largest absolute Gasteiger partial charge is 0.390 e. The minimum atomic E-state index is -3.87. The number of carbonyl (C=O) groups excluding carboxylic acids is 8. The summed E-state index contributed by atoms with van der Waals surface area (Å²) in [5.74, 6) is -10.9. The standard InChI is InChI=1S/C37H54F2N4O6S.C35H52F2N4O6S.C33H49F2N3O5S/c1-5-9-32(10-6-2)50(48,49)24-34(41-36(46)29-13-15-42(16-14-29)25(4)44)37(47)43(22-27-12-8-11-26(7-3)17-27)23-35(45)33(40)20-28-18-30(38)21-31(39)19-28;1-5-10-30(11-6-2)48(46,47)23-32(40-34(44)14-9-15-39-24(4)42)35(45)41(21-26-13-8-12-25(7-3)16-26)22-33(43)31(38)19-27-17-28(36)20-29(37)18-27;1-5-10-28(11-6-2)44(42,43)22-30(37-32(40)12-7-3)33(41)38(20-24-14-9-13-23(8-4)15-24)21-31(39)29(36)18-25-16-26(34)19-27(35)17-25/h8,11-12,17-19,21,29,32-35,45H,5-7,9-10,13-16,20,22-24,40H2,1-4H3,(H,41,46);8,12-13,16-18,20,30-33,43H,5-7,9-11,14-15,19,21-23,38H2,1-4H3,(H,39,42)(H,40,44);9,13-17,19,28-31,39H,5-8,10-12,18,20-22,36H2,1-4H3,(H,37,40)/t33-,34+,35+;31-,32+,33+;29-,30+,31+/m000/s1. The minimum Gasteiger partial charge on any atom is -0.390 e. The number of carbonyl (C=O) groups is 8. The number of likely N-dealkylation sites (tertiary alicyclic amines) is 1. The molecule has 37 heteroatoms. The molecule has 0 spiro atoms. The lowest BCUT2D eigenvalue weighted by atomic mass is 9.95. The van der Waals surface area contributed by atoms with E-state index in [2.05, 4.69) is 21.3 Å². The Balaban J connectivity index is 0.000000376. The highest BCUT2D eigenvalue weighted by molar-refractivity contribution is 7.92. The summed E-state index contributed by atoms with van der Waals surface area (Å²) in [7, 11) is -11.5. The molecular formula is C105H155F6N11O17S3. The normalized spacial score (nSPS) is 14.4. The number of hydrogen-bond acceptors (Lipinski definition) is 20. The van der Waals surface area contributed by atoms with E-state index in [9.17, 15) is 105 Å². The smallest absolute Gasteiger partial charge is 0.246 e. The van der Waals surface area contributed by atoms with Crippen molar-refractivity contribution in [1.82, 2.24) is 40.9 Å². The van der Waals surface area contributed by atoms with E-state index in [1.165, 1.54) is 28.5 Å². The molecule has 0 saturated carbocycles. The molecule has 142 heavy (non-hydrogen) atoms. The number of rotatable bonds is 58. The minimum absolute atomic E-state index is 0.0121. The SMILES string of the molecule is CCCC(=O)N[C@H](CS(=O)(=O)C(CCC)CCC)C(=O)N(Cc1cccc(CC)c1)C[C@@H](O)[C@@H](N)Cc1cc(F)cc(F)c1.CCCC(CCC)S(=O)(=O)C[C@@H](NC(=O)C1CCN(C(C)=O)CC1)C(=O)N(Cc1cccc(CC)c1)C[C@@H](O)[C@@H](N)Cc1cc(F)cc(F)c1.CCCC(CCC)S(=O)(=O)C[C@@H](NC(=O)CCCNC(C)=O)C(=O)N(Cc1cccc(CC)c1)C[C@@H](O)[C@@H](N)Cc1cc(F)cc(F)c1. The molecule has 6 aromatic rings. The van der Waals surface area contributed by atoms with Gasteiger partial charge in [0.05, 0.1) is 51.3 Å². The maximum atomic E-state index is 14.5. The van der Waals surface area contributed by atoms with Crippen LogP contribution in [-0.4, -0.2) is 234 Å². The fourth-order valence-electron chi connectivity index (χ4n) is 17.4. The summed E-state index contributed by atoms with van der Waals surface area (Å²) in [6, 6.07) is 24.1. The molecule has 792 valence electrons. The van der Waals surface area contributed by atoms with Crippen LogP contribution in [0.4, 0.5) is 26.3 Å². The molecule has 0 radical (unpaired) electrons. The third kappa shape index (κ3) is 42.9. The van der Waals surface area contributed by atoms with Gasteiger partial charge in [0.15, 0.2) is 29.5 Å². The van der Waals surface area contributed by atoms with Gasteiger partial charge in [-0.15, -0.1) is 0 Å². The van der Waals surface area contributed by atoms with E-state index in [0.29, 0.717) is 115 Å². The lowest BCUT2D eigenvalue weighted by molar-refractivity contribution is -0.139. The van der Waals surface area contributed by atoms with Gasteiger partial charge in [-0.05, 0) is 189 Å². The Kier molecular flexibility index (Phi) is 53.8. The number of nitrogens with one attached hydrogen (secondary N) is 4. The molecule has 6 aromatic carbocycles. The molecule has 7 rings (SSSR count). The van der Waals surface area contributed by atoms with E-state index in [0.717, 1.165) is 102 Å². The quantitative estimate of drug-likeness (QED) is 0.0125. The molecule has 0 unspecified atom stereocenters. The Morgan fingerprint density at radius 2 is 0.662 bits per heavy atom. The zero-order valence-corrected chi connectivity index (χ0v) is 87.1. The number of nitrogens with two attached hydrogens (primary N) is 3. The number of aryl methyl sites for hydroxylation is 3. The van der Waals surface area contributed by atoms with Crippen molar-refractivity contribution in [2.75, 3.05) is 56.5 Å². The lowest BCUT2D eigenvalue weighted by Crippen LogP contribution is -2.56. The zero-order valence-electron chi connectivity index (χ0n) is 84.7. The monoisotopic (exact) mass is 2050 g/mol. The molecule has 1 aliphatic heterocycles. The molecule has 8 amide bonds. The second-order valence-corrected chi connectivity index (χ2v) is 44.3. The Hall–Kier alpha value is -9.73. The summed E-state index contributed by atoms with van der Waals surface area (Å²) in [4.78, 5) is 111. The fourth-order valence-corrected chi connectivity index (χ4v) is 23.9. The average Bonchev–Trinajstić information content (AvgIpc) is 0.819. The Morgan fingerprint density at radius 3 is 0.923 bits per heavy atom. The van der Waals surface area contributed by atoms with Crippen LogP contribution in [0, 0.1) is 40.8 Å². The van der Waals surface area contributed by atoms with Crippen LogP contribution in [0.25, 0.3) is 0 Å². The van der Waals surface area contributed by atoms with Crippen molar-refractivity contribution in [2.24, 2.45) is 23.1 Å². The summed E-state index contributed by atoms with van der Waals surface area (Å²) in [6.45, 7) is 21.9. The Labute approximate surface area is 837 Å². The summed E-state index contributed by atoms with van der Waals surface area (Å²) in [6.07, 6.45) is 5.83. The van der Waals surface area contributed by atoms with Gasteiger partial charge in [-0.1, -0.05) is 181 Å². The van der Waals surface area contributed by atoms with Gasteiger partial charge in [-0.2, -0.15) is 0 Å². The predicted octanol–water partition coefficient (Wildman–Crippen LogP) is 11.9. The number of benzene rings is 6. The number of aliphatic hydroxyl groups is 3. The van der Waals surface area contributed by atoms with Crippen LogP contribution in [0.3, 0.4) is 0 Å². The summed E-state index contributed by atoms with van der Waals surface area (Å²) < 4.78 is 165. The molecule has 0 aliphatic carbocycles. The van der Waals surface area contributed by atoms with Crippen molar-refractivity contribution in [3.05, 3.63) is 212 Å². The summed E-state index contributed by atoms with van der Waals surface area (Å²) >= 11 is 0.